The zero-order chi connectivity index (χ0) is 20.4. The molecule has 3 aromatic rings. The van der Waals surface area contributed by atoms with Crippen LogP contribution >= 0.6 is 0 Å². The molecule has 1 unspecified atom stereocenters. The number of nitrogens with zero attached hydrogens (tertiary/aromatic N) is 3. The van der Waals surface area contributed by atoms with Crippen molar-refractivity contribution in [2.75, 3.05) is 23.3 Å². The molecule has 1 atom stereocenters. The van der Waals surface area contributed by atoms with E-state index in [9.17, 15) is 14.4 Å². The number of para-hydroxylation sites is 1. The second kappa shape index (κ2) is 7.76. The first-order valence-electron chi connectivity index (χ1n) is 9.41. The van der Waals surface area contributed by atoms with Crippen LogP contribution in [0.15, 0.2) is 48.7 Å². The highest BCUT2D eigenvalue weighted by Gasteiger charge is 2.27. The van der Waals surface area contributed by atoms with Crippen LogP contribution in [0.2, 0.25) is 0 Å². The van der Waals surface area contributed by atoms with E-state index in [4.69, 9.17) is 0 Å². The van der Waals surface area contributed by atoms with Gasteiger partial charge in [0.25, 0.3) is 0 Å². The average molecular weight is 389 g/mol. The summed E-state index contributed by atoms with van der Waals surface area (Å²) in [6.07, 6.45) is 2.38. The molecule has 1 aliphatic heterocycles. The average Bonchev–Trinajstić information content (AvgIpc) is 3.17. The number of hydrogen-bond acceptors (Lipinski definition) is 4. The molecule has 1 saturated heterocycles. The van der Waals surface area contributed by atoms with Crippen molar-refractivity contribution in [3.8, 4) is 6.07 Å². The van der Waals surface area contributed by atoms with Crippen molar-refractivity contribution < 1.29 is 9.18 Å². The number of urea groups is 1. The van der Waals surface area contributed by atoms with Gasteiger partial charge >= 0.3 is 6.03 Å². The Morgan fingerprint density at radius 1 is 1.28 bits per heavy atom. The predicted molar refractivity (Wildman–Crippen MR) is 110 cm³/mol. The maximum Gasteiger partial charge on any atom is 0.319 e. The fraction of sp³-hybridized carbons (Fsp3) is 0.227. The molecule has 0 spiro atoms. The summed E-state index contributed by atoms with van der Waals surface area (Å²) in [4.78, 5) is 18.9. The minimum atomic E-state index is -0.351. The van der Waals surface area contributed by atoms with Crippen molar-refractivity contribution in [2.45, 2.75) is 19.4 Å². The second-order valence-electron chi connectivity index (χ2n) is 7.14. The first-order chi connectivity index (χ1) is 14.0. The van der Waals surface area contributed by atoms with Gasteiger partial charge in [0.05, 0.1) is 16.8 Å². The second-order valence-corrected chi connectivity index (χ2v) is 7.14. The molecular weight excluding hydrogens is 369 g/mol. The molecule has 7 heteroatoms. The van der Waals surface area contributed by atoms with Crippen LogP contribution in [0.3, 0.4) is 0 Å². The quantitative estimate of drug-likeness (QED) is 0.711. The highest BCUT2D eigenvalue weighted by molar-refractivity contribution is 5.96. The molecule has 1 fully saturated rings. The Bertz CT molecular complexity index is 1110. The van der Waals surface area contributed by atoms with Crippen LogP contribution in [0.25, 0.3) is 10.9 Å². The number of amides is 2. The monoisotopic (exact) mass is 389 g/mol. The molecule has 0 bridgehead atoms. The van der Waals surface area contributed by atoms with Crippen LogP contribution in [-0.2, 0) is 0 Å². The lowest BCUT2D eigenvalue weighted by Crippen LogP contribution is -2.39. The number of nitrogens with one attached hydrogen (secondary N) is 2. The Labute approximate surface area is 168 Å². The summed E-state index contributed by atoms with van der Waals surface area (Å²) in [5, 5.41) is 16.2. The summed E-state index contributed by atoms with van der Waals surface area (Å²) in [5.41, 5.74) is 3.86. The molecule has 146 valence electrons. The number of fused-ring (bicyclic) bond motifs is 1. The number of hydrogen-bond donors (Lipinski definition) is 2. The number of carbonyl (C=O) groups excluding carboxylic acids is 1. The van der Waals surface area contributed by atoms with Gasteiger partial charge in [0, 0.05) is 36.4 Å². The van der Waals surface area contributed by atoms with Gasteiger partial charge in [0.2, 0.25) is 0 Å². The minimum Gasteiger partial charge on any atom is -0.368 e. The summed E-state index contributed by atoms with van der Waals surface area (Å²) >= 11 is 0. The Morgan fingerprint density at radius 3 is 2.83 bits per heavy atom. The lowest BCUT2D eigenvalue weighted by atomic mass is 10.1. The van der Waals surface area contributed by atoms with Gasteiger partial charge < -0.3 is 15.5 Å². The number of rotatable bonds is 3. The molecule has 0 aliphatic carbocycles. The van der Waals surface area contributed by atoms with Crippen molar-refractivity contribution in [2.24, 2.45) is 0 Å². The summed E-state index contributed by atoms with van der Waals surface area (Å²) in [7, 11) is 0. The molecule has 6 nitrogen and oxygen atoms in total. The van der Waals surface area contributed by atoms with Gasteiger partial charge in [0.1, 0.15) is 11.9 Å². The van der Waals surface area contributed by atoms with E-state index in [1.165, 1.54) is 24.3 Å². The molecule has 2 aromatic carbocycles. The number of pyridine rings is 1. The summed E-state index contributed by atoms with van der Waals surface area (Å²) in [5.74, 6) is -0.351. The number of carbonyl (C=O) groups is 1. The summed E-state index contributed by atoms with van der Waals surface area (Å²) in [6.45, 7) is 3.32. The van der Waals surface area contributed by atoms with Crippen molar-refractivity contribution in [3.05, 3.63) is 65.6 Å². The molecule has 29 heavy (non-hydrogen) atoms. The predicted octanol–water partition coefficient (Wildman–Crippen LogP) is 3.95. The largest absolute Gasteiger partial charge is 0.368 e. The van der Waals surface area contributed by atoms with Gasteiger partial charge in [-0.2, -0.15) is 5.26 Å². The van der Waals surface area contributed by atoms with Crippen molar-refractivity contribution in [1.82, 2.24) is 10.3 Å². The number of aromatic nitrogens is 1. The molecule has 2 amide bonds. The van der Waals surface area contributed by atoms with E-state index in [1.807, 2.05) is 25.1 Å². The first kappa shape index (κ1) is 18.7. The van der Waals surface area contributed by atoms with Gasteiger partial charge in [-0.3, -0.25) is 4.98 Å². The van der Waals surface area contributed by atoms with E-state index in [1.54, 1.807) is 6.20 Å². The molecule has 2 heterocycles. The zero-order valence-corrected chi connectivity index (χ0v) is 15.9. The van der Waals surface area contributed by atoms with Crippen molar-refractivity contribution in [1.29, 1.82) is 5.26 Å². The Kier molecular flexibility index (Phi) is 5.00. The third-order valence-electron chi connectivity index (χ3n) is 5.13. The third-order valence-corrected chi connectivity index (χ3v) is 5.13. The lowest BCUT2D eigenvalue weighted by Gasteiger charge is -2.22. The Hall–Kier alpha value is -3.66. The zero-order valence-electron chi connectivity index (χ0n) is 15.9. The number of halogens is 1. The van der Waals surface area contributed by atoms with E-state index in [-0.39, 0.29) is 17.9 Å². The lowest BCUT2D eigenvalue weighted by molar-refractivity contribution is 0.249. The van der Waals surface area contributed by atoms with Crippen LogP contribution in [0.5, 0.6) is 0 Å². The fourth-order valence-corrected chi connectivity index (χ4v) is 3.75. The van der Waals surface area contributed by atoms with E-state index in [0.717, 1.165) is 35.1 Å². The third kappa shape index (κ3) is 3.83. The molecule has 1 aromatic heterocycles. The van der Waals surface area contributed by atoms with Crippen LogP contribution in [0.4, 0.5) is 20.6 Å². The summed E-state index contributed by atoms with van der Waals surface area (Å²) < 4.78 is 13.0. The van der Waals surface area contributed by atoms with Gasteiger partial charge in [0.15, 0.2) is 0 Å². The maximum absolute atomic E-state index is 13.0. The Balaban J connectivity index is 1.50. The highest BCUT2D eigenvalue weighted by atomic mass is 19.1. The molecule has 2 N–H and O–H groups in total. The van der Waals surface area contributed by atoms with Crippen LogP contribution < -0.4 is 15.5 Å². The van der Waals surface area contributed by atoms with Gasteiger partial charge in [-0.05, 0) is 43.2 Å². The van der Waals surface area contributed by atoms with Gasteiger partial charge in [-0.15, -0.1) is 0 Å². The Morgan fingerprint density at radius 2 is 2.07 bits per heavy atom. The van der Waals surface area contributed by atoms with E-state index >= 15 is 0 Å². The van der Waals surface area contributed by atoms with E-state index in [0.29, 0.717) is 17.8 Å². The molecule has 0 saturated carbocycles. The van der Waals surface area contributed by atoms with Crippen LogP contribution in [0.1, 0.15) is 17.5 Å². The summed E-state index contributed by atoms with van der Waals surface area (Å²) in [6, 6.07) is 13.4. The normalized spacial score (nSPS) is 15.9. The van der Waals surface area contributed by atoms with E-state index < -0.39 is 0 Å². The minimum absolute atomic E-state index is 0.0602. The van der Waals surface area contributed by atoms with Crippen LogP contribution in [-0.4, -0.2) is 30.1 Å². The van der Waals surface area contributed by atoms with Gasteiger partial charge in [-0.1, -0.05) is 18.2 Å². The first-order valence-corrected chi connectivity index (χ1v) is 9.41. The number of anilines is 2. The number of nitriles is 1. The fourth-order valence-electron chi connectivity index (χ4n) is 3.75. The smallest absolute Gasteiger partial charge is 0.319 e. The molecule has 0 radical (unpaired) electrons. The maximum atomic E-state index is 13.0. The van der Waals surface area contributed by atoms with Crippen molar-refractivity contribution in [3.63, 3.8) is 0 Å². The SMILES string of the molecule is Cc1cccc2c(N3CCC(NC(=O)Nc4ccc(F)cc4)C3)c(C#N)cnc12. The number of aryl methyl sites for hydroxylation is 1. The molecule has 4 rings (SSSR count). The number of benzene rings is 2. The van der Waals surface area contributed by atoms with Crippen LogP contribution in [0, 0.1) is 24.1 Å². The topological polar surface area (TPSA) is 81.0 Å². The van der Waals surface area contributed by atoms with Crippen molar-refractivity contribution >= 4 is 28.3 Å². The van der Waals surface area contributed by atoms with Gasteiger partial charge in [-0.25, -0.2) is 9.18 Å². The standard InChI is InChI=1S/C22H20FN5O/c1-14-3-2-4-19-20(14)25-12-15(11-24)21(19)28-10-9-18(13-28)27-22(29)26-17-7-5-16(23)6-8-17/h2-8,12,18H,9-10,13H2,1H3,(H2,26,27,29). The van der Waals surface area contributed by atoms with E-state index in [2.05, 4.69) is 26.6 Å². The molecular formula is C22H20FN5O. The highest BCUT2D eigenvalue weighted by Crippen LogP contribution is 2.33. The molecule has 1 aliphatic rings.